The highest BCUT2D eigenvalue weighted by atomic mass is 19.1. The summed E-state index contributed by atoms with van der Waals surface area (Å²) in [4.78, 5) is 14.1. The van der Waals surface area contributed by atoms with Crippen LogP contribution < -0.4 is 11.1 Å². The van der Waals surface area contributed by atoms with E-state index in [0.29, 0.717) is 11.7 Å². The highest BCUT2D eigenvalue weighted by Crippen LogP contribution is 2.17. The molecule has 0 heterocycles. The smallest absolute Gasteiger partial charge is 0.241 e. The predicted octanol–water partition coefficient (Wildman–Crippen LogP) is 2.47. The van der Waals surface area contributed by atoms with Crippen LogP contribution in [0.3, 0.4) is 0 Å². The van der Waals surface area contributed by atoms with Gasteiger partial charge in [-0.25, -0.2) is 4.39 Å². The van der Waals surface area contributed by atoms with Gasteiger partial charge in [0.05, 0.1) is 11.7 Å². The third-order valence-electron chi connectivity index (χ3n) is 3.54. The minimum Gasteiger partial charge on any atom is -0.396 e. The topological polar surface area (TPSA) is 58.4 Å². The molecule has 3 N–H and O–H groups in total. The summed E-state index contributed by atoms with van der Waals surface area (Å²) in [6.45, 7) is 5.99. The number of nitrogens with zero attached hydrogens (tertiary/aromatic N) is 1. The summed E-state index contributed by atoms with van der Waals surface area (Å²) in [7, 11) is 1.91. The molecule has 0 aliphatic rings. The Hall–Kier alpha value is -1.62. The molecule has 1 aromatic carbocycles. The molecule has 19 heavy (non-hydrogen) atoms. The van der Waals surface area contributed by atoms with Crippen molar-refractivity contribution in [2.45, 2.75) is 39.3 Å². The number of benzene rings is 1. The Morgan fingerprint density at radius 2 is 2.11 bits per heavy atom. The Morgan fingerprint density at radius 1 is 1.47 bits per heavy atom. The van der Waals surface area contributed by atoms with Crippen LogP contribution in [0.15, 0.2) is 18.2 Å². The lowest BCUT2D eigenvalue weighted by molar-refractivity contribution is -0.121. The molecule has 0 aromatic heterocycles. The van der Waals surface area contributed by atoms with Crippen molar-refractivity contribution < 1.29 is 9.18 Å². The van der Waals surface area contributed by atoms with Crippen LogP contribution in [0.25, 0.3) is 0 Å². The van der Waals surface area contributed by atoms with Crippen LogP contribution in [0.4, 0.5) is 15.8 Å². The van der Waals surface area contributed by atoms with Gasteiger partial charge in [-0.3, -0.25) is 9.69 Å². The SMILES string of the molecule is CCC(C)N(C)C(C)C(=O)Nc1ccc(F)c(N)c1. The maximum absolute atomic E-state index is 13.0. The van der Waals surface area contributed by atoms with Crippen molar-refractivity contribution in [1.82, 2.24) is 4.90 Å². The van der Waals surface area contributed by atoms with Gasteiger partial charge in [0.1, 0.15) is 5.82 Å². The van der Waals surface area contributed by atoms with Crippen molar-refractivity contribution in [3.05, 3.63) is 24.0 Å². The van der Waals surface area contributed by atoms with E-state index in [1.54, 1.807) is 0 Å². The standard InChI is InChI=1S/C14H22FN3O/c1-5-9(2)18(4)10(3)14(19)17-11-6-7-12(15)13(16)8-11/h6-10H,5,16H2,1-4H3,(H,17,19). The van der Waals surface area contributed by atoms with Gasteiger partial charge >= 0.3 is 0 Å². The fraction of sp³-hybridized carbons (Fsp3) is 0.500. The summed E-state index contributed by atoms with van der Waals surface area (Å²) < 4.78 is 13.0. The predicted molar refractivity (Wildman–Crippen MR) is 76.4 cm³/mol. The van der Waals surface area contributed by atoms with Crippen molar-refractivity contribution in [3.8, 4) is 0 Å². The zero-order valence-corrected chi connectivity index (χ0v) is 11.9. The van der Waals surface area contributed by atoms with E-state index in [4.69, 9.17) is 5.73 Å². The first kappa shape index (κ1) is 15.4. The molecule has 0 saturated carbocycles. The van der Waals surface area contributed by atoms with Crippen molar-refractivity contribution in [2.75, 3.05) is 18.1 Å². The van der Waals surface area contributed by atoms with Gasteiger partial charge in [0.15, 0.2) is 0 Å². The molecule has 0 bridgehead atoms. The molecular weight excluding hydrogens is 245 g/mol. The Labute approximate surface area is 113 Å². The average Bonchev–Trinajstić information content (AvgIpc) is 2.40. The van der Waals surface area contributed by atoms with Crippen LogP contribution in [0.1, 0.15) is 27.2 Å². The number of rotatable bonds is 5. The van der Waals surface area contributed by atoms with Gasteiger partial charge in [-0.1, -0.05) is 6.92 Å². The minimum absolute atomic E-state index is 0.0285. The maximum atomic E-state index is 13.0. The Morgan fingerprint density at radius 3 is 2.63 bits per heavy atom. The van der Waals surface area contributed by atoms with Crippen LogP contribution in [0.5, 0.6) is 0 Å². The quantitative estimate of drug-likeness (QED) is 0.806. The third kappa shape index (κ3) is 3.92. The molecule has 0 spiro atoms. The van der Waals surface area contributed by atoms with E-state index in [0.717, 1.165) is 6.42 Å². The fourth-order valence-corrected chi connectivity index (χ4v) is 1.72. The zero-order valence-electron chi connectivity index (χ0n) is 11.9. The summed E-state index contributed by atoms with van der Waals surface area (Å²) >= 11 is 0. The molecule has 0 saturated heterocycles. The van der Waals surface area contributed by atoms with Gasteiger partial charge in [0.25, 0.3) is 0 Å². The lowest BCUT2D eigenvalue weighted by atomic mass is 10.1. The average molecular weight is 267 g/mol. The summed E-state index contributed by atoms with van der Waals surface area (Å²) in [6, 6.07) is 4.22. The fourth-order valence-electron chi connectivity index (χ4n) is 1.72. The minimum atomic E-state index is -0.484. The molecule has 4 nitrogen and oxygen atoms in total. The largest absolute Gasteiger partial charge is 0.396 e. The highest BCUT2D eigenvalue weighted by molar-refractivity contribution is 5.94. The molecule has 5 heteroatoms. The monoisotopic (exact) mass is 267 g/mol. The molecular formula is C14H22FN3O. The van der Waals surface area contributed by atoms with Gasteiger partial charge in [0.2, 0.25) is 5.91 Å². The van der Waals surface area contributed by atoms with Crippen molar-refractivity contribution in [2.24, 2.45) is 0 Å². The van der Waals surface area contributed by atoms with Crippen LogP contribution >= 0.6 is 0 Å². The molecule has 1 amide bonds. The third-order valence-corrected chi connectivity index (χ3v) is 3.54. The Balaban J connectivity index is 2.71. The van der Waals surface area contributed by atoms with E-state index in [9.17, 15) is 9.18 Å². The van der Waals surface area contributed by atoms with Crippen molar-refractivity contribution in [3.63, 3.8) is 0 Å². The van der Waals surface area contributed by atoms with Crippen molar-refractivity contribution in [1.29, 1.82) is 0 Å². The van der Waals surface area contributed by atoms with E-state index in [2.05, 4.69) is 19.2 Å². The number of carbonyl (C=O) groups excluding carboxylic acids is 1. The number of hydrogen-bond donors (Lipinski definition) is 2. The second-order valence-corrected chi connectivity index (χ2v) is 4.82. The van der Waals surface area contributed by atoms with E-state index in [-0.39, 0.29) is 17.6 Å². The summed E-state index contributed by atoms with van der Waals surface area (Å²) in [5.74, 6) is -0.614. The Kier molecular flexibility index (Phi) is 5.30. The van der Waals surface area contributed by atoms with Gasteiger partial charge in [-0.05, 0) is 45.5 Å². The first-order valence-electron chi connectivity index (χ1n) is 6.44. The number of carbonyl (C=O) groups is 1. The number of halogens is 1. The molecule has 1 rings (SSSR count). The summed E-state index contributed by atoms with van der Waals surface area (Å²) in [6.07, 6.45) is 0.970. The molecule has 1 aromatic rings. The van der Waals surface area contributed by atoms with Gasteiger partial charge in [0, 0.05) is 11.7 Å². The van der Waals surface area contributed by atoms with E-state index in [1.807, 2.05) is 18.9 Å². The number of nitrogens with two attached hydrogens (primary N) is 1. The molecule has 0 aliphatic heterocycles. The number of anilines is 2. The number of hydrogen-bond acceptors (Lipinski definition) is 3. The van der Waals surface area contributed by atoms with Crippen LogP contribution in [-0.2, 0) is 4.79 Å². The number of nitrogen functional groups attached to an aromatic ring is 1. The Bertz CT molecular complexity index is 450. The second kappa shape index (κ2) is 6.52. The maximum Gasteiger partial charge on any atom is 0.241 e. The highest BCUT2D eigenvalue weighted by Gasteiger charge is 2.21. The second-order valence-electron chi connectivity index (χ2n) is 4.82. The van der Waals surface area contributed by atoms with Gasteiger partial charge in [-0.2, -0.15) is 0 Å². The first-order chi connectivity index (χ1) is 8.86. The van der Waals surface area contributed by atoms with Crippen LogP contribution in [0, 0.1) is 5.82 Å². The van der Waals surface area contributed by atoms with Gasteiger partial charge in [-0.15, -0.1) is 0 Å². The van der Waals surface area contributed by atoms with Crippen LogP contribution in [-0.4, -0.2) is 29.9 Å². The van der Waals surface area contributed by atoms with E-state index in [1.165, 1.54) is 18.2 Å². The molecule has 0 radical (unpaired) electrons. The molecule has 0 fully saturated rings. The molecule has 2 atom stereocenters. The summed E-state index contributed by atoms with van der Waals surface area (Å²) in [5.41, 5.74) is 6.00. The van der Waals surface area contributed by atoms with Gasteiger partial charge < -0.3 is 11.1 Å². The van der Waals surface area contributed by atoms with E-state index < -0.39 is 5.82 Å². The molecule has 106 valence electrons. The molecule has 2 unspecified atom stereocenters. The number of likely N-dealkylation sites (N-methyl/N-ethyl adjacent to an activating group) is 1. The number of amides is 1. The lowest BCUT2D eigenvalue weighted by Crippen LogP contribution is -2.44. The van der Waals surface area contributed by atoms with Crippen molar-refractivity contribution >= 4 is 17.3 Å². The normalized spacial score (nSPS) is 14.2. The first-order valence-corrected chi connectivity index (χ1v) is 6.44. The van der Waals surface area contributed by atoms with E-state index >= 15 is 0 Å². The number of nitrogens with one attached hydrogen (secondary N) is 1. The lowest BCUT2D eigenvalue weighted by Gasteiger charge is -2.29. The molecule has 0 aliphatic carbocycles. The van der Waals surface area contributed by atoms with Crippen LogP contribution in [0.2, 0.25) is 0 Å². The zero-order chi connectivity index (χ0) is 14.6. The summed E-state index contributed by atoms with van der Waals surface area (Å²) in [5, 5.41) is 2.74.